The lowest BCUT2D eigenvalue weighted by Gasteiger charge is -1.88. The molecule has 0 aliphatic rings. The average Bonchev–Trinajstić information content (AvgIpc) is 2.07. The van der Waals surface area contributed by atoms with Crippen LogP contribution in [0.4, 0.5) is 11.5 Å². The van der Waals surface area contributed by atoms with E-state index in [0.717, 1.165) is 0 Å². The van der Waals surface area contributed by atoms with Crippen molar-refractivity contribution in [1.29, 1.82) is 0 Å². The van der Waals surface area contributed by atoms with Gasteiger partial charge < -0.3 is 0 Å². The van der Waals surface area contributed by atoms with Gasteiger partial charge in [-0.25, -0.2) is 4.68 Å². The lowest BCUT2D eigenvalue weighted by molar-refractivity contribution is -0.384. The summed E-state index contributed by atoms with van der Waals surface area (Å²) in [6, 6.07) is 0. The number of nitrogens with one attached hydrogen (secondary N) is 1. The van der Waals surface area contributed by atoms with Crippen LogP contribution in [-0.4, -0.2) is 14.7 Å². The molecule has 0 saturated carbocycles. The second kappa shape index (κ2) is 2.22. The number of hydrogen-bond donors (Lipinski definition) is 0. The van der Waals surface area contributed by atoms with E-state index in [0.29, 0.717) is 0 Å². The molecule has 1 aromatic heterocycles. The molecule has 0 aliphatic heterocycles. The van der Waals surface area contributed by atoms with Crippen molar-refractivity contribution in [2.75, 3.05) is 0 Å². The normalized spacial score (nSPS) is 10.0. The van der Waals surface area contributed by atoms with Gasteiger partial charge in [0.25, 0.3) is 0 Å². The molecule has 0 aromatic carbocycles. The Hall–Kier alpha value is -1.59. The van der Waals surface area contributed by atoms with Crippen molar-refractivity contribution in [3.05, 3.63) is 15.8 Å². The van der Waals surface area contributed by atoms with Crippen LogP contribution in [0, 0.1) is 17.0 Å². The zero-order valence-electron chi connectivity index (χ0n) is 6.16. The Morgan fingerprint density at radius 2 is 2.27 bits per heavy atom. The fraction of sp³-hybridized carbons (Fsp3) is 0.400. The van der Waals surface area contributed by atoms with E-state index in [9.17, 15) is 10.1 Å². The van der Waals surface area contributed by atoms with E-state index in [2.05, 4.69) is 5.10 Å². The molecule has 0 amide bonds. The van der Waals surface area contributed by atoms with Crippen LogP contribution >= 0.6 is 0 Å². The second-order valence-corrected chi connectivity index (χ2v) is 2.16. The summed E-state index contributed by atoms with van der Waals surface area (Å²) in [5, 5.41) is 14.0. The Labute approximate surface area is 62.8 Å². The van der Waals surface area contributed by atoms with E-state index in [1.807, 2.05) is 0 Å². The average molecular weight is 155 g/mol. The Bertz CT molecular complexity index is 304. The van der Waals surface area contributed by atoms with Crippen LogP contribution in [0.25, 0.3) is 0 Å². The molecule has 6 heteroatoms. The van der Waals surface area contributed by atoms with E-state index in [-0.39, 0.29) is 17.2 Å². The molecule has 0 spiro atoms. The zero-order valence-corrected chi connectivity index (χ0v) is 6.16. The first-order chi connectivity index (χ1) is 5.04. The smallest absolute Gasteiger partial charge is 0.277 e. The van der Waals surface area contributed by atoms with Gasteiger partial charge in [0.05, 0.1) is 4.92 Å². The van der Waals surface area contributed by atoms with Crippen molar-refractivity contribution in [2.45, 2.75) is 6.92 Å². The molecule has 0 unspecified atom stereocenters. The number of rotatable bonds is 1. The van der Waals surface area contributed by atoms with Gasteiger partial charge in [0.15, 0.2) is 0 Å². The highest BCUT2D eigenvalue weighted by Crippen LogP contribution is 2.24. The first-order valence-electron chi connectivity index (χ1n) is 2.93. The number of aryl methyl sites for hydroxylation is 2. The summed E-state index contributed by atoms with van der Waals surface area (Å²) < 4.78 is 1.17. The topological polar surface area (TPSA) is 84.8 Å². The third kappa shape index (κ3) is 1.02. The van der Waals surface area contributed by atoms with Crippen molar-refractivity contribution in [1.82, 2.24) is 15.5 Å². The first kappa shape index (κ1) is 7.52. The quantitative estimate of drug-likeness (QED) is 0.438. The lowest BCUT2D eigenvalue weighted by atomic mass is 10.4. The molecule has 1 rings (SSSR count). The highest BCUT2D eigenvalue weighted by Gasteiger charge is 2.21. The predicted octanol–water partition coefficient (Wildman–Crippen LogP) is 0.551. The molecule has 59 valence electrons. The van der Waals surface area contributed by atoms with Gasteiger partial charge in [-0.2, -0.15) is 5.10 Å². The Morgan fingerprint density at radius 3 is 2.45 bits per heavy atom. The third-order valence-electron chi connectivity index (χ3n) is 1.37. The van der Waals surface area contributed by atoms with E-state index >= 15 is 0 Å². The Kier molecular flexibility index (Phi) is 1.52. The summed E-state index contributed by atoms with van der Waals surface area (Å²) in [6.45, 7) is 1.51. The SMILES string of the molecule is Cc1nn(C)c([NH])c1[N+](=O)[O-]. The van der Waals surface area contributed by atoms with E-state index in [4.69, 9.17) is 5.73 Å². The molecule has 0 saturated heterocycles. The first-order valence-corrected chi connectivity index (χ1v) is 2.93. The van der Waals surface area contributed by atoms with Crippen molar-refractivity contribution < 1.29 is 4.92 Å². The minimum atomic E-state index is -0.593. The maximum Gasteiger partial charge on any atom is 0.335 e. The van der Waals surface area contributed by atoms with Crippen molar-refractivity contribution >= 4 is 11.5 Å². The monoisotopic (exact) mass is 155 g/mol. The minimum absolute atomic E-state index is 0.160. The van der Waals surface area contributed by atoms with Crippen LogP contribution in [0.5, 0.6) is 0 Å². The summed E-state index contributed by atoms with van der Waals surface area (Å²) in [6.07, 6.45) is 0. The zero-order chi connectivity index (χ0) is 8.59. The molecule has 6 nitrogen and oxygen atoms in total. The van der Waals surface area contributed by atoms with E-state index in [1.54, 1.807) is 0 Å². The van der Waals surface area contributed by atoms with Crippen molar-refractivity contribution in [3.8, 4) is 0 Å². The Balaban J connectivity index is 3.34. The van der Waals surface area contributed by atoms with Gasteiger partial charge in [0.1, 0.15) is 5.69 Å². The van der Waals surface area contributed by atoms with Gasteiger partial charge in [-0.1, -0.05) is 0 Å². The number of nitrogens with zero attached hydrogens (tertiary/aromatic N) is 3. The predicted molar refractivity (Wildman–Crippen MR) is 37.4 cm³/mol. The Morgan fingerprint density at radius 1 is 1.73 bits per heavy atom. The highest BCUT2D eigenvalue weighted by atomic mass is 16.6. The molecule has 0 fully saturated rings. The molecule has 0 bridgehead atoms. The second-order valence-electron chi connectivity index (χ2n) is 2.16. The van der Waals surface area contributed by atoms with Crippen LogP contribution in [0.15, 0.2) is 0 Å². The molecular formula is C5H7N4O2. The molecule has 1 heterocycles. The van der Waals surface area contributed by atoms with Gasteiger partial charge in [0.2, 0.25) is 5.82 Å². The molecular weight excluding hydrogens is 148 g/mol. The van der Waals surface area contributed by atoms with Crippen LogP contribution < -0.4 is 5.73 Å². The van der Waals surface area contributed by atoms with E-state index in [1.165, 1.54) is 18.7 Å². The summed E-state index contributed by atoms with van der Waals surface area (Å²) in [5.41, 5.74) is 7.27. The van der Waals surface area contributed by atoms with Crippen LogP contribution in [0.1, 0.15) is 5.69 Å². The molecule has 0 aliphatic carbocycles. The lowest BCUT2D eigenvalue weighted by Crippen LogP contribution is -1.92. The van der Waals surface area contributed by atoms with Gasteiger partial charge in [-0.3, -0.25) is 15.8 Å². The minimum Gasteiger partial charge on any atom is -0.277 e. The number of nitro groups is 1. The van der Waals surface area contributed by atoms with E-state index < -0.39 is 4.92 Å². The van der Waals surface area contributed by atoms with Gasteiger partial charge in [-0.05, 0) is 6.92 Å². The standard InChI is InChI=1S/C5H7N4O2/c1-3-4(9(10)11)5(6)8(2)7-3/h6H,1-2H3. The van der Waals surface area contributed by atoms with Gasteiger partial charge in [-0.15, -0.1) is 0 Å². The molecule has 1 N–H and O–H groups in total. The van der Waals surface area contributed by atoms with Gasteiger partial charge >= 0.3 is 5.69 Å². The fourth-order valence-corrected chi connectivity index (χ4v) is 0.866. The van der Waals surface area contributed by atoms with Crippen LogP contribution in [0.3, 0.4) is 0 Å². The fourth-order valence-electron chi connectivity index (χ4n) is 0.866. The molecule has 1 radical (unpaired) electrons. The highest BCUT2D eigenvalue weighted by molar-refractivity contribution is 5.53. The largest absolute Gasteiger partial charge is 0.335 e. The maximum atomic E-state index is 10.3. The summed E-state index contributed by atoms with van der Waals surface area (Å²) in [5.74, 6) is -0.160. The van der Waals surface area contributed by atoms with Crippen LogP contribution in [-0.2, 0) is 7.05 Å². The van der Waals surface area contributed by atoms with Gasteiger partial charge in [0, 0.05) is 7.05 Å². The molecule has 1 aromatic rings. The maximum absolute atomic E-state index is 10.3. The van der Waals surface area contributed by atoms with Crippen molar-refractivity contribution in [2.24, 2.45) is 7.05 Å². The number of aromatic nitrogens is 2. The number of hydrogen-bond acceptors (Lipinski definition) is 3. The summed E-state index contributed by atoms with van der Waals surface area (Å²) in [4.78, 5) is 9.70. The van der Waals surface area contributed by atoms with Crippen LogP contribution in [0.2, 0.25) is 0 Å². The summed E-state index contributed by atoms with van der Waals surface area (Å²) in [7, 11) is 1.50. The summed E-state index contributed by atoms with van der Waals surface area (Å²) >= 11 is 0. The third-order valence-corrected chi connectivity index (χ3v) is 1.37. The molecule has 0 atom stereocenters. The molecule has 11 heavy (non-hydrogen) atoms. The van der Waals surface area contributed by atoms with Crippen molar-refractivity contribution in [3.63, 3.8) is 0 Å².